The van der Waals surface area contributed by atoms with Gasteiger partial charge in [0.1, 0.15) is 12.4 Å². The number of nitrogens with zero attached hydrogens (tertiary/aromatic N) is 3. The Hall–Kier alpha value is -1.96. The van der Waals surface area contributed by atoms with E-state index in [-0.39, 0.29) is 24.4 Å². The third-order valence-electron chi connectivity index (χ3n) is 2.96. The zero-order valence-corrected chi connectivity index (χ0v) is 10.6. The van der Waals surface area contributed by atoms with Crippen molar-refractivity contribution in [2.24, 2.45) is 0 Å². The first-order valence-corrected chi connectivity index (χ1v) is 6.08. The lowest BCUT2D eigenvalue weighted by molar-refractivity contribution is -0.145. The number of ether oxygens (including phenoxy) is 1. The number of aromatic amines is 1. The number of aromatic nitrogens is 3. The van der Waals surface area contributed by atoms with Crippen LogP contribution in [-0.4, -0.2) is 62.9 Å². The summed E-state index contributed by atoms with van der Waals surface area (Å²) in [6, 6.07) is 0. The first-order chi connectivity index (χ1) is 9.06. The van der Waals surface area contributed by atoms with Gasteiger partial charge >= 0.3 is 5.97 Å². The van der Waals surface area contributed by atoms with E-state index in [2.05, 4.69) is 15.2 Å². The molecular formula is C11H16N4O4. The summed E-state index contributed by atoms with van der Waals surface area (Å²) in [5.74, 6) is -0.416. The minimum atomic E-state index is -0.977. The molecule has 0 atom stereocenters. The second-order valence-electron chi connectivity index (χ2n) is 4.44. The lowest BCUT2D eigenvalue weighted by Gasteiger charge is -2.30. The van der Waals surface area contributed by atoms with Crippen LogP contribution in [-0.2, 0) is 9.53 Å². The van der Waals surface area contributed by atoms with Crippen LogP contribution in [0.3, 0.4) is 0 Å². The molecule has 2 heterocycles. The van der Waals surface area contributed by atoms with Gasteiger partial charge in [-0.15, -0.1) is 5.10 Å². The molecule has 0 bridgehead atoms. The molecule has 0 aliphatic carbocycles. The number of carboxylic acids is 1. The molecule has 1 aliphatic rings. The van der Waals surface area contributed by atoms with Gasteiger partial charge in [-0.1, -0.05) is 0 Å². The van der Waals surface area contributed by atoms with Crippen LogP contribution in [0.1, 0.15) is 29.3 Å². The summed E-state index contributed by atoms with van der Waals surface area (Å²) < 4.78 is 5.21. The normalized spacial score (nSPS) is 16.6. The zero-order valence-electron chi connectivity index (χ0n) is 10.6. The minimum absolute atomic E-state index is 0.103. The van der Waals surface area contributed by atoms with Crippen LogP contribution in [0.2, 0.25) is 0 Å². The third kappa shape index (κ3) is 3.50. The van der Waals surface area contributed by atoms with Crippen molar-refractivity contribution in [3.63, 3.8) is 0 Å². The highest BCUT2D eigenvalue weighted by Crippen LogP contribution is 2.15. The monoisotopic (exact) mass is 268 g/mol. The molecule has 1 aromatic rings. The van der Waals surface area contributed by atoms with Crippen molar-refractivity contribution in [3.05, 3.63) is 11.6 Å². The predicted octanol–water partition coefficient (Wildman–Crippen LogP) is -0.181. The van der Waals surface area contributed by atoms with Gasteiger partial charge in [0.05, 0.1) is 6.10 Å². The van der Waals surface area contributed by atoms with E-state index in [1.807, 2.05) is 0 Å². The van der Waals surface area contributed by atoms with Crippen molar-refractivity contribution >= 4 is 11.9 Å². The third-order valence-corrected chi connectivity index (χ3v) is 2.96. The SMILES string of the molecule is Cc1nc(C(=O)N2CCC(OCC(=O)O)CC2)n[nH]1. The number of nitrogens with one attached hydrogen (secondary N) is 1. The average molecular weight is 268 g/mol. The van der Waals surface area contributed by atoms with Gasteiger partial charge in [-0.25, -0.2) is 9.78 Å². The number of amides is 1. The van der Waals surface area contributed by atoms with Crippen LogP contribution in [0.25, 0.3) is 0 Å². The molecule has 8 nitrogen and oxygen atoms in total. The maximum Gasteiger partial charge on any atom is 0.329 e. The molecule has 0 saturated carbocycles. The summed E-state index contributed by atoms with van der Waals surface area (Å²) >= 11 is 0. The van der Waals surface area contributed by atoms with Gasteiger partial charge in [0.25, 0.3) is 5.91 Å². The van der Waals surface area contributed by atoms with E-state index >= 15 is 0 Å². The number of carbonyl (C=O) groups is 2. The van der Waals surface area contributed by atoms with Gasteiger partial charge in [-0.3, -0.25) is 9.89 Å². The fourth-order valence-corrected chi connectivity index (χ4v) is 1.99. The van der Waals surface area contributed by atoms with Gasteiger partial charge in [-0.2, -0.15) is 0 Å². The molecule has 1 amide bonds. The van der Waals surface area contributed by atoms with E-state index in [0.29, 0.717) is 31.8 Å². The summed E-state index contributed by atoms with van der Waals surface area (Å²) in [4.78, 5) is 28.1. The van der Waals surface area contributed by atoms with Crippen molar-refractivity contribution in [2.45, 2.75) is 25.9 Å². The molecule has 0 spiro atoms. The van der Waals surface area contributed by atoms with Crippen LogP contribution in [0.4, 0.5) is 0 Å². The number of aryl methyl sites for hydroxylation is 1. The van der Waals surface area contributed by atoms with E-state index in [1.165, 1.54) is 0 Å². The van der Waals surface area contributed by atoms with E-state index in [0.717, 1.165) is 0 Å². The lowest BCUT2D eigenvalue weighted by atomic mass is 10.1. The van der Waals surface area contributed by atoms with E-state index in [1.54, 1.807) is 11.8 Å². The molecule has 8 heteroatoms. The smallest absolute Gasteiger partial charge is 0.329 e. The van der Waals surface area contributed by atoms with Crippen LogP contribution in [0, 0.1) is 6.92 Å². The predicted molar refractivity (Wildman–Crippen MR) is 63.6 cm³/mol. The molecule has 104 valence electrons. The van der Waals surface area contributed by atoms with Crippen molar-refractivity contribution in [1.82, 2.24) is 20.1 Å². The Morgan fingerprint density at radius 3 is 2.68 bits per heavy atom. The van der Waals surface area contributed by atoms with Gasteiger partial charge in [0.15, 0.2) is 0 Å². The Labute approximate surface area is 109 Å². The number of H-pyrrole nitrogens is 1. The number of likely N-dealkylation sites (tertiary alicyclic amines) is 1. The quantitative estimate of drug-likeness (QED) is 0.784. The number of hydrogen-bond acceptors (Lipinski definition) is 5. The number of piperidine rings is 1. The summed E-state index contributed by atoms with van der Waals surface area (Å²) in [5.41, 5.74) is 0. The Kier molecular flexibility index (Phi) is 4.10. The highest BCUT2D eigenvalue weighted by Gasteiger charge is 2.26. The maximum atomic E-state index is 12.0. The summed E-state index contributed by atoms with van der Waals surface area (Å²) in [6.45, 7) is 2.49. The highest BCUT2D eigenvalue weighted by atomic mass is 16.5. The molecule has 2 N–H and O–H groups in total. The van der Waals surface area contributed by atoms with Crippen LogP contribution in [0.5, 0.6) is 0 Å². The van der Waals surface area contributed by atoms with Crippen molar-refractivity contribution < 1.29 is 19.4 Å². The van der Waals surface area contributed by atoms with Gasteiger partial charge < -0.3 is 14.7 Å². The van der Waals surface area contributed by atoms with Crippen LogP contribution in [0.15, 0.2) is 0 Å². The number of aliphatic carboxylic acids is 1. The fraction of sp³-hybridized carbons (Fsp3) is 0.636. The van der Waals surface area contributed by atoms with Crippen molar-refractivity contribution in [2.75, 3.05) is 19.7 Å². The van der Waals surface area contributed by atoms with Crippen molar-refractivity contribution in [1.29, 1.82) is 0 Å². The molecule has 1 saturated heterocycles. The molecule has 0 aromatic carbocycles. The first-order valence-electron chi connectivity index (χ1n) is 6.08. The van der Waals surface area contributed by atoms with Crippen molar-refractivity contribution in [3.8, 4) is 0 Å². The topological polar surface area (TPSA) is 108 Å². The molecular weight excluding hydrogens is 252 g/mol. The summed E-state index contributed by atoms with van der Waals surface area (Å²) in [6.07, 6.45) is 1.15. The molecule has 0 radical (unpaired) electrons. The van der Waals surface area contributed by atoms with Gasteiger partial charge in [-0.05, 0) is 19.8 Å². The number of carboxylic acid groups (broad SMARTS) is 1. The highest BCUT2D eigenvalue weighted by molar-refractivity contribution is 5.90. The second kappa shape index (κ2) is 5.79. The van der Waals surface area contributed by atoms with E-state index in [9.17, 15) is 9.59 Å². The summed E-state index contributed by atoms with van der Waals surface area (Å²) in [7, 11) is 0. The second-order valence-corrected chi connectivity index (χ2v) is 4.44. The standard InChI is InChI=1S/C11H16N4O4/c1-7-12-10(14-13-7)11(18)15-4-2-8(3-5-15)19-6-9(16)17/h8H,2-6H2,1H3,(H,16,17)(H,12,13,14). The molecule has 1 fully saturated rings. The minimum Gasteiger partial charge on any atom is -0.480 e. The molecule has 19 heavy (non-hydrogen) atoms. The van der Waals surface area contributed by atoms with Gasteiger partial charge in [0, 0.05) is 13.1 Å². The average Bonchev–Trinajstić information content (AvgIpc) is 2.83. The first kappa shape index (κ1) is 13.5. The zero-order chi connectivity index (χ0) is 13.8. The fourth-order valence-electron chi connectivity index (χ4n) is 1.99. The Balaban J connectivity index is 1.83. The Bertz CT molecular complexity index is 465. The van der Waals surface area contributed by atoms with Crippen LogP contribution >= 0.6 is 0 Å². The molecule has 2 rings (SSSR count). The van der Waals surface area contributed by atoms with Gasteiger partial charge in [0.2, 0.25) is 5.82 Å². The van der Waals surface area contributed by atoms with Crippen LogP contribution < -0.4 is 0 Å². The van der Waals surface area contributed by atoms with E-state index < -0.39 is 5.97 Å². The Morgan fingerprint density at radius 2 is 2.16 bits per heavy atom. The number of rotatable bonds is 4. The molecule has 1 aromatic heterocycles. The summed E-state index contributed by atoms with van der Waals surface area (Å²) in [5, 5.41) is 15.0. The molecule has 0 unspecified atom stereocenters. The maximum absolute atomic E-state index is 12.0. The lowest BCUT2D eigenvalue weighted by Crippen LogP contribution is -2.41. The molecule has 1 aliphatic heterocycles. The number of carbonyl (C=O) groups excluding carboxylic acids is 1. The number of hydrogen-bond donors (Lipinski definition) is 2. The Morgan fingerprint density at radius 1 is 1.47 bits per heavy atom. The van der Waals surface area contributed by atoms with E-state index in [4.69, 9.17) is 9.84 Å². The largest absolute Gasteiger partial charge is 0.480 e.